The number of halogens is 2. The molecule has 1 amide bonds. The number of carbonyl (C=O) groups is 2. The van der Waals surface area contributed by atoms with E-state index in [2.05, 4.69) is 0 Å². The van der Waals surface area contributed by atoms with E-state index in [0.717, 1.165) is 0 Å². The van der Waals surface area contributed by atoms with Crippen molar-refractivity contribution in [2.24, 2.45) is 0 Å². The van der Waals surface area contributed by atoms with E-state index in [9.17, 15) is 14.0 Å². The second-order valence-electron chi connectivity index (χ2n) is 5.65. The van der Waals surface area contributed by atoms with Crippen LogP contribution in [0.3, 0.4) is 0 Å². The van der Waals surface area contributed by atoms with Gasteiger partial charge in [0, 0.05) is 23.4 Å². The predicted molar refractivity (Wildman–Crippen MR) is 87.3 cm³/mol. The number of hydrogen-bond acceptors (Lipinski definition) is 2. The third-order valence-electron chi connectivity index (χ3n) is 3.99. The Kier molecular flexibility index (Phi) is 4.18. The zero-order valence-corrected chi connectivity index (χ0v) is 13.4. The topological polar surface area (TPSA) is 37.4 Å². The van der Waals surface area contributed by atoms with Gasteiger partial charge in [0.05, 0.1) is 12.2 Å². The molecule has 0 aliphatic carbocycles. The van der Waals surface area contributed by atoms with Crippen molar-refractivity contribution in [1.29, 1.82) is 0 Å². The molecule has 2 aromatic rings. The minimum Gasteiger partial charge on any atom is -0.307 e. The first-order chi connectivity index (χ1) is 11.0. The third kappa shape index (κ3) is 3.13. The maximum absolute atomic E-state index is 13.8. The molecule has 0 saturated heterocycles. The van der Waals surface area contributed by atoms with E-state index in [0.29, 0.717) is 27.4 Å². The van der Waals surface area contributed by atoms with E-state index in [1.807, 2.05) is 0 Å². The molecule has 0 radical (unpaired) electrons. The Morgan fingerprint density at radius 2 is 1.91 bits per heavy atom. The molecular formula is C18H15ClFNO2. The minimum absolute atomic E-state index is 0.0809. The average Bonchev–Trinajstić information content (AvgIpc) is 2.63. The number of aryl methyl sites for hydroxylation is 1. The van der Waals surface area contributed by atoms with E-state index >= 15 is 0 Å². The number of rotatable bonds is 2. The summed E-state index contributed by atoms with van der Waals surface area (Å²) in [6.45, 7) is 1.89. The van der Waals surface area contributed by atoms with Gasteiger partial charge in [-0.05, 0) is 42.3 Å². The maximum atomic E-state index is 13.8. The van der Waals surface area contributed by atoms with Crippen LogP contribution < -0.4 is 4.90 Å². The molecule has 23 heavy (non-hydrogen) atoms. The van der Waals surface area contributed by atoms with Gasteiger partial charge in [-0.3, -0.25) is 9.59 Å². The molecule has 0 bridgehead atoms. The maximum Gasteiger partial charge on any atom is 0.227 e. The highest BCUT2D eigenvalue weighted by Crippen LogP contribution is 2.31. The lowest BCUT2D eigenvalue weighted by atomic mass is 10.1. The fourth-order valence-electron chi connectivity index (χ4n) is 2.68. The highest BCUT2D eigenvalue weighted by atomic mass is 35.5. The number of nitrogens with zero attached hydrogens (tertiary/aromatic N) is 1. The van der Waals surface area contributed by atoms with Gasteiger partial charge in [-0.2, -0.15) is 0 Å². The molecule has 0 saturated carbocycles. The molecule has 1 aliphatic rings. The predicted octanol–water partition coefficient (Wildman–Crippen LogP) is 4.30. The van der Waals surface area contributed by atoms with Crippen molar-refractivity contribution < 1.29 is 14.0 Å². The number of carbonyl (C=O) groups excluding carboxylic acids is 2. The Hall–Kier alpha value is -2.20. The molecule has 0 unspecified atom stereocenters. The second kappa shape index (κ2) is 6.13. The summed E-state index contributed by atoms with van der Waals surface area (Å²) in [4.78, 5) is 26.1. The molecule has 3 nitrogen and oxygen atoms in total. The van der Waals surface area contributed by atoms with Crippen LogP contribution in [0.5, 0.6) is 0 Å². The summed E-state index contributed by atoms with van der Waals surface area (Å²) in [6.07, 6.45) is 0.311. The third-order valence-corrected chi connectivity index (χ3v) is 4.23. The molecular weight excluding hydrogens is 317 g/mol. The highest BCUT2D eigenvalue weighted by molar-refractivity contribution is 6.31. The SMILES string of the molecule is Cc1ccc(CN2C(=O)CCC(=O)c3ccc(Cl)cc32)cc1F. The summed E-state index contributed by atoms with van der Waals surface area (Å²) in [5.74, 6) is -0.560. The van der Waals surface area contributed by atoms with Crippen LogP contribution in [0, 0.1) is 12.7 Å². The Morgan fingerprint density at radius 1 is 1.13 bits per heavy atom. The first-order valence-corrected chi connectivity index (χ1v) is 7.71. The largest absolute Gasteiger partial charge is 0.307 e. The molecule has 1 aliphatic heterocycles. The van der Waals surface area contributed by atoms with Gasteiger partial charge in [-0.15, -0.1) is 0 Å². The van der Waals surface area contributed by atoms with Gasteiger partial charge in [0.1, 0.15) is 5.82 Å². The normalized spacial score (nSPS) is 14.7. The molecule has 1 heterocycles. The average molecular weight is 332 g/mol. The number of fused-ring (bicyclic) bond motifs is 1. The number of benzene rings is 2. The van der Waals surface area contributed by atoms with Crippen LogP contribution in [-0.4, -0.2) is 11.7 Å². The molecule has 0 spiro atoms. The first-order valence-electron chi connectivity index (χ1n) is 7.34. The Morgan fingerprint density at radius 3 is 2.65 bits per heavy atom. The van der Waals surface area contributed by atoms with Gasteiger partial charge in [-0.25, -0.2) is 4.39 Å². The lowest BCUT2D eigenvalue weighted by Crippen LogP contribution is -2.29. The lowest BCUT2D eigenvalue weighted by molar-refractivity contribution is -0.118. The smallest absolute Gasteiger partial charge is 0.227 e. The van der Waals surface area contributed by atoms with Crippen molar-refractivity contribution in [2.75, 3.05) is 4.90 Å². The minimum atomic E-state index is -0.313. The number of Topliss-reactive ketones (excluding diaryl/α,β-unsaturated/α-hetero) is 1. The summed E-state index contributed by atoms with van der Waals surface area (Å²) in [5, 5.41) is 0.450. The van der Waals surface area contributed by atoms with E-state index in [1.165, 1.54) is 11.0 Å². The lowest BCUT2D eigenvalue weighted by Gasteiger charge is -2.23. The van der Waals surface area contributed by atoms with Crippen LogP contribution in [0.25, 0.3) is 0 Å². The van der Waals surface area contributed by atoms with Crippen LogP contribution in [0.4, 0.5) is 10.1 Å². The summed E-state index contributed by atoms with van der Waals surface area (Å²) >= 11 is 6.03. The zero-order valence-electron chi connectivity index (χ0n) is 12.6. The summed E-state index contributed by atoms with van der Waals surface area (Å²) in [6, 6.07) is 9.76. The molecule has 0 fully saturated rings. The molecule has 0 aromatic heterocycles. The molecule has 5 heteroatoms. The number of ketones is 1. The van der Waals surface area contributed by atoms with Crippen molar-refractivity contribution in [2.45, 2.75) is 26.3 Å². The van der Waals surface area contributed by atoms with Crippen molar-refractivity contribution in [3.8, 4) is 0 Å². The zero-order chi connectivity index (χ0) is 16.6. The molecule has 2 aromatic carbocycles. The Balaban J connectivity index is 2.04. The van der Waals surface area contributed by atoms with Gasteiger partial charge in [0.25, 0.3) is 0 Å². The van der Waals surface area contributed by atoms with E-state index in [4.69, 9.17) is 11.6 Å². The Bertz CT molecular complexity index is 804. The van der Waals surface area contributed by atoms with Crippen LogP contribution in [-0.2, 0) is 11.3 Å². The van der Waals surface area contributed by atoms with Crippen LogP contribution in [0.1, 0.15) is 34.3 Å². The molecule has 0 atom stereocenters. The van der Waals surface area contributed by atoms with E-state index in [1.54, 1.807) is 37.3 Å². The van der Waals surface area contributed by atoms with E-state index in [-0.39, 0.29) is 36.9 Å². The Labute approximate surface area is 138 Å². The van der Waals surface area contributed by atoms with Crippen molar-refractivity contribution in [3.63, 3.8) is 0 Å². The van der Waals surface area contributed by atoms with Crippen LogP contribution in [0.15, 0.2) is 36.4 Å². The van der Waals surface area contributed by atoms with Gasteiger partial charge in [0.15, 0.2) is 5.78 Å². The van der Waals surface area contributed by atoms with Crippen LogP contribution >= 0.6 is 11.6 Å². The van der Waals surface area contributed by atoms with Crippen LogP contribution in [0.2, 0.25) is 5.02 Å². The van der Waals surface area contributed by atoms with Crippen molar-refractivity contribution in [1.82, 2.24) is 0 Å². The monoisotopic (exact) mass is 331 g/mol. The standard InChI is InChI=1S/C18H15ClFNO2/c1-11-2-3-12(8-15(11)20)10-21-16-9-13(19)4-5-14(16)17(22)6-7-18(21)23/h2-5,8-9H,6-7,10H2,1H3. The van der Waals surface area contributed by atoms with Gasteiger partial charge in [-0.1, -0.05) is 23.7 Å². The summed E-state index contributed by atoms with van der Waals surface area (Å²) in [7, 11) is 0. The second-order valence-corrected chi connectivity index (χ2v) is 6.08. The molecule has 3 rings (SSSR count). The molecule has 0 N–H and O–H groups in total. The van der Waals surface area contributed by atoms with Crippen molar-refractivity contribution in [3.05, 3.63) is 63.9 Å². The molecule has 118 valence electrons. The highest BCUT2D eigenvalue weighted by Gasteiger charge is 2.27. The fraction of sp³-hybridized carbons (Fsp3) is 0.222. The number of amides is 1. The summed E-state index contributed by atoms with van der Waals surface area (Å²) in [5.41, 5.74) is 2.19. The summed E-state index contributed by atoms with van der Waals surface area (Å²) < 4.78 is 13.8. The van der Waals surface area contributed by atoms with Gasteiger partial charge >= 0.3 is 0 Å². The number of anilines is 1. The fourth-order valence-corrected chi connectivity index (χ4v) is 2.85. The first kappa shape index (κ1) is 15.7. The number of hydrogen-bond donors (Lipinski definition) is 0. The van der Waals surface area contributed by atoms with Crippen molar-refractivity contribution >= 4 is 29.0 Å². The van der Waals surface area contributed by atoms with Gasteiger partial charge in [0.2, 0.25) is 5.91 Å². The van der Waals surface area contributed by atoms with Gasteiger partial charge < -0.3 is 4.90 Å². The quantitative estimate of drug-likeness (QED) is 0.823. The van der Waals surface area contributed by atoms with E-state index < -0.39 is 0 Å².